The third-order valence-corrected chi connectivity index (χ3v) is 4.03. The standard InChI is InChI=1S/C17H20FN3O2/c1-12-10-19-17(20-12)15-11-23-9-8-21(15)16(22)7-4-13-2-5-14(18)6-3-13/h2-3,5-6,10,15H,4,7-9,11H2,1H3,(H,19,20)/t15-/m0/s1. The summed E-state index contributed by atoms with van der Waals surface area (Å²) in [4.78, 5) is 21.9. The van der Waals surface area contributed by atoms with E-state index in [1.807, 2.05) is 11.8 Å². The van der Waals surface area contributed by atoms with Crippen LogP contribution in [0.1, 0.15) is 29.5 Å². The summed E-state index contributed by atoms with van der Waals surface area (Å²) in [5.41, 5.74) is 1.92. The lowest BCUT2D eigenvalue weighted by Gasteiger charge is -2.34. The Morgan fingerprint density at radius 2 is 2.22 bits per heavy atom. The molecule has 1 saturated heterocycles. The van der Waals surface area contributed by atoms with Crippen molar-refractivity contribution in [2.45, 2.75) is 25.8 Å². The van der Waals surface area contributed by atoms with Gasteiger partial charge in [-0.15, -0.1) is 0 Å². The van der Waals surface area contributed by atoms with Crippen molar-refractivity contribution in [2.75, 3.05) is 19.8 Å². The summed E-state index contributed by atoms with van der Waals surface area (Å²) in [7, 11) is 0. The van der Waals surface area contributed by atoms with Gasteiger partial charge in [-0.3, -0.25) is 4.79 Å². The van der Waals surface area contributed by atoms with E-state index < -0.39 is 0 Å². The number of carbonyl (C=O) groups excluding carboxylic acids is 1. The van der Waals surface area contributed by atoms with Crippen molar-refractivity contribution in [1.29, 1.82) is 0 Å². The molecule has 3 rings (SSSR count). The van der Waals surface area contributed by atoms with Crippen molar-refractivity contribution >= 4 is 5.91 Å². The number of hydrogen-bond donors (Lipinski definition) is 1. The topological polar surface area (TPSA) is 58.2 Å². The molecule has 0 spiro atoms. The van der Waals surface area contributed by atoms with Crippen molar-refractivity contribution in [3.05, 3.63) is 53.4 Å². The second-order valence-electron chi connectivity index (χ2n) is 5.76. The van der Waals surface area contributed by atoms with E-state index in [0.717, 1.165) is 17.1 Å². The van der Waals surface area contributed by atoms with Gasteiger partial charge in [0, 0.05) is 24.9 Å². The van der Waals surface area contributed by atoms with E-state index in [0.29, 0.717) is 32.6 Å². The van der Waals surface area contributed by atoms with Gasteiger partial charge in [-0.05, 0) is 31.0 Å². The first-order valence-corrected chi connectivity index (χ1v) is 7.76. The quantitative estimate of drug-likeness (QED) is 0.942. The lowest BCUT2D eigenvalue weighted by atomic mass is 10.1. The Morgan fingerprint density at radius 3 is 2.91 bits per heavy atom. The molecule has 23 heavy (non-hydrogen) atoms. The molecule has 122 valence electrons. The summed E-state index contributed by atoms with van der Waals surface area (Å²) < 4.78 is 18.4. The lowest BCUT2D eigenvalue weighted by molar-refractivity contribution is -0.140. The molecule has 0 aliphatic carbocycles. The molecule has 1 aromatic carbocycles. The fourth-order valence-corrected chi connectivity index (χ4v) is 2.78. The first kappa shape index (κ1) is 15.7. The molecule has 1 fully saturated rings. The number of halogens is 1. The van der Waals surface area contributed by atoms with Gasteiger partial charge in [-0.1, -0.05) is 12.1 Å². The number of aromatic nitrogens is 2. The molecule has 1 aromatic heterocycles. The number of rotatable bonds is 4. The van der Waals surface area contributed by atoms with Gasteiger partial charge in [0.1, 0.15) is 17.7 Å². The molecule has 2 aromatic rings. The van der Waals surface area contributed by atoms with Gasteiger partial charge < -0.3 is 14.6 Å². The van der Waals surface area contributed by atoms with Gasteiger partial charge in [0.2, 0.25) is 5.91 Å². The van der Waals surface area contributed by atoms with Crippen LogP contribution in [-0.2, 0) is 16.0 Å². The van der Waals surface area contributed by atoms with Crippen molar-refractivity contribution in [2.24, 2.45) is 0 Å². The van der Waals surface area contributed by atoms with Crippen LogP contribution in [0.25, 0.3) is 0 Å². The van der Waals surface area contributed by atoms with Crippen LogP contribution in [0, 0.1) is 12.7 Å². The van der Waals surface area contributed by atoms with Crippen molar-refractivity contribution in [3.8, 4) is 0 Å². The second kappa shape index (κ2) is 6.91. The zero-order valence-corrected chi connectivity index (χ0v) is 13.1. The van der Waals surface area contributed by atoms with E-state index in [4.69, 9.17) is 4.74 Å². The molecule has 2 heterocycles. The number of carbonyl (C=O) groups is 1. The highest BCUT2D eigenvalue weighted by Gasteiger charge is 2.30. The summed E-state index contributed by atoms with van der Waals surface area (Å²) in [6.45, 7) is 3.49. The Kier molecular flexibility index (Phi) is 4.71. The Bertz CT molecular complexity index is 669. The summed E-state index contributed by atoms with van der Waals surface area (Å²) >= 11 is 0. The van der Waals surface area contributed by atoms with Crippen LogP contribution < -0.4 is 0 Å². The molecule has 0 radical (unpaired) electrons. The van der Waals surface area contributed by atoms with E-state index in [-0.39, 0.29) is 17.8 Å². The molecule has 0 unspecified atom stereocenters. The SMILES string of the molecule is Cc1cnc([C@@H]2COCCN2C(=O)CCc2ccc(F)cc2)[nH]1. The normalized spacial score (nSPS) is 18.2. The Balaban J connectivity index is 1.65. The van der Waals surface area contributed by atoms with Gasteiger partial charge in [-0.25, -0.2) is 9.37 Å². The molecule has 5 nitrogen and oxygen atoms in total. The molecular formula is C17H20FN3O2. The zero-order chi connectivity index (χ0) is 16.2. The molecule has 6 heteroatoms. The largest absolute Gasteiger partial charge is 0.377 e. The van der Waals surface area contributed by atoms with Gasteiger partial charge in [0.15, 0.2) is 0 Å². The lowest BCUT2D eigenvalue weighted by Crippen LogP contribution is -2.44. The molecule has 1 aliphatic heterocycles. The number of nitrogens with zero attached hydrogens (tertiary/aromatic N) is 2. The van der Waals surface area contributed by atoms with Gasteiger partial charge in [0.25, 0.3) is 0 Å². The second-order valence-corrected chi connectivity index (χ2v) is 5.76. The van der Waals surface area contributed by atoms with Crippen LogP contribution >= 0.6 is 0 Å². The van der Waals surface area contributed by atoms with Crippen LogP contribution in [0.5, 0.6) is 0 Å². The smallest absolute Gasteiger partial charge is 0.223 e. The van der Waals surface area contributed by atoms with E-state index in [1.165, 1.54) is 12.1 Å². The molecular weight excluding hydrogens is 297 g/mol. The highest BCUT2D eigenvalue weighted by molar-refractivity contribution is 5.77. The van der Waals surface area contributed by atoms with Crippen LogP contribution in [0.3, 0.4) is 0 Å². The molecule has 0 bridgehead atoms. The molecule has 1 atom stereocenters. The fraction of sp³-hybridized carbons (Fsp3) is 0.412. The number of amides is 1. The van der Waals surface area contributed by atoms with Crippen LogP contribution in [0.2, 0.25) is 0 Å². The number of imidazole rings is 1. The summed E-state index contributed by atoms with van der Waals surface area (Å²) in [5, 5.41) is 0. The first-order valence-electron chi connectivity index (χ1n) is 7.76. The molecule has 1 amide bonds. The average Bonchev–Trinajstić information content (AvgIpc) is 3.00. The van der Waals surface area contributed by atoms with Crippen LogP contribution in [-0.4, -0.2) is 40.5 Å². The number of morpholine rings is 1. The number of benzene rings is 1. The van der Waals surface area contributed by atoms with E-state index in [9.17, 15) is 9.18 Å². The molecule has 1 N–H and O–H groups in total. The van der Waals surface area contributed by atoms with Gasteiger partial charge in [0.05, 0.1) is 13.2 Å². The Labute approximate surface area is 134 Å². The van der Waals surface area contributed by atoms with E-state index in [1.54, 1.807) is 18.3 Å². The van der Waals surface area contributed by atoms with Crippen molar-refractivity contribution in [3.63, 3.8) is 0 Å². The minimum Gasteiger partial charge on any atom is -0.377 e. The van der Waals surface area contributed by atoms with Crippen molar-refractivity contribution in [1.82, 2.24) is 14.9 Å². The molecule has 0 saturated carbocycles. The highest BCUT2D eigenvalue weighted by atomic mass is 19.1. The van der Waals surface area contributed by atoms with E-state index in [2.05, 4.69) is 9.97 Å². The first-order chi connectivity index (χ1) is 11.1. The minimum absolute atomic E-state index is 0.0664. The monoisotopic (exact) mass is 317 g/mol. The maximum Gasteiger partial charge on any atom is 0.223 e. The summed E-state index contributed by atoms with van der Waals surface area (Å²) in [6, 6.07) is 6.11. The number of aryl methyl sites for hydroxylation is 2. The van der Waals surface area contributed by atoms with E-state index >= 15 is 0 Å². The maximum absolute atomic E-state index is 12.9. The Morgan fingerprint density at radius 1 is 1.43 bits per heavy atom. The predicted molar refractivity (Wildman–Crippen MR) is 83.3 cm³/mol. The zero-order valence-electron chi connectivity index (χ0n) is 13.1. The minimum atomic E-state index is -0.262. The number of aromatic amines is 1. The Hall–Kier alpha value is -2.21. The van der Waals surface area contributed by atoms with Crippen LogP contribution in [0.4, 0.5) is 4.39 Å². The van der Waals surface area contributed by atoms with Crippen LogP contribution in [0.15, 0.2) is 30.5 Å². The maximum atomic E-state index is 12.9. The summed E-state index contributed by atoms with van der Waals surface area (Å²) in [5.74, 6) is 0.565. The van der Waals surface area contributed by atoms with Gasteiger partial charge in [-0.2, -0.15) is 0 Å². The third kappa shape index (κ3) is 3.76. The molecule has 1 aliphatic rings. The highest BCUT2D eigenvalue weighted by Crippen LogP contribution is 2.23. The number of nitrogens with one attached hydrogen (secondary N) is 1. The average molecular weight is 317 g/mol. The van der Waals surface area contributed by atoms with Gasteiger partial charge >= 0.3 is 0 Å². The number of H-pyrrole nitrogens is 1. The predicted octanol–water partition coefficient (Wildman–Crippen LogP) is 2.39. The number of hydrogen-bond acceptors (Lipinski definition) is 3. The fourth-order valence-electron chi connectivity index (χ4n) is 2.78. The third-order valence-electron chi connectivity index (χ3n) is 4.03. The van der Waals surface area contributed by atoms with Crippen molar-refractivity contribution < 1.29 is 13.9 Å². The number of ether oxygens (including phenoxy) is 1. The summed E-state index contributed by atoms with van der Waals surface area (Å²) in [6.07, 6.45) is 2.74.